The molecule has 27 heavy (non-hydrogen) atoms. The molecule has 9 nitrogen and oxygen atoms in total. The predicted octanol–water partition coefficient (Wildman–Crippen LogP) is 1.98. The second kappa shape index (κ2) is 8.42. The van der Waals surface area contributed by atoms with E-state index in [1.54, 1.807) is 0 Å². The third-order valence-electron chi connectivity index (χ3n) is 4.79. The number of carbonyl (C=O) groups excluding carboxylic acids is 3. The molecule has 2 fully saturated rings. The lowest BCUT2D eigenvalue weighted by atomic mass is 9.77. The van der Waals surface area contributed by atoms with Gasteiger partial charge in [-0.2, -0.15) is 5.01 Å². The van der Waals surface area contributed by atoms with Crippen LogP contribution in [0.25, 0.3) is 0 Å². The first kappa shape index (κ1) is 19.9. The van der Waals surface area contributed by atoms with Crippen molar-refractivity contribution < 1.29 is 14.4 Å². The standard InChI is InChI=1S/C16H24N6O3S2/c1-3-8-17-13-19-20-15(27-13)26-9-11(23)21-22-12(24)16(18-14(22)25)6-4-10(2)5-7-16/h10H,3-9H2,1-2H3,(H,17,19)(H,18,25)(H,21,23). The molecule has 0 bridgehead atoms. The van der Waals surface area contributed by atoms with Gasteiger partial charge < -0.3 is 10.6 Å². The summed E-state index contributed by atoms with van der Waals surface area (Å²) in [5.41, 5.74) is 1.57. The molecule has 2 heterocycles. The number of hydrogen-bond donors (Lipinski definition) is 3. The molecule has 1 saturated carbocycles. The van der Waals surface area contributed by atoms with Gasteiger partial charge in [-0.05, 0) is 38.0 Å². The molecule has 3 rings (SSSR count). The highest BCUT2D eigenvalue weighted by Crippen LogP contribution is 2.35. The first-order valence-corrected chi connectivity index (χ1v) is 10.9. The predicted molar refractivity (Wildman–Crippen MR) is 103 cm³/mol. The molecule has 1 aromatic rings. The van der Waals surface area contributed by atoms with Crippen LogP contribution in [0.2, 0.25) is 0 Å². The Labute approximate surface area is 166 Å². The summed E-state index contributed by atoms with van der Waals surface area (Å²) in [7, 11) is 0. The van der Waals surface area contributed by atoms with E-state index in [9.17, 15) is 14.4 Å². The Bertz CT molecular complexity index is 717. The van der Waals surface area contributed by atoms with E-state index >= 15 is 0 Å². The third kappa shape index (κ3) is 4.52. The average Bonchev–Trinajstić information content (AvgIpc) is 3.19. The Morgan fingerprint density at radius 1 is 1.37 bits per heavy atom. The van der Waals surface area contributed by atoms with E-state index < -0.39 is 17.5 Å². The van der Waals surface area contributed by atoms with Gasteiger partial charge in [0.15, 0.2) is 4.34 Å². The summed E-state index contributed by atoms with van der Waals surface area (Å²) < 4.78 is 0.652. The van der Waals surface area contributed by atoms with Gasteiger partial charge in [0, 0.05) is 6.54 Å². The molecule has 11 heteroatoms. The number of carbonyl (C=O) groups is 3. The number of hydrazine groups is 1. The number of nitrogens with zero attached hydrogens (tertiary/aromatic N) is 3. The highest BCUT2D eigenvalue weighted by atomic mass is 32.2. The fourth-order valence-corrected chi connectivity index (χ4v) is 4.74. The molecule has 2 aliphatic rings. The highest BCUT2D eigenvalue weighted by molar-refractivity contribution is 8.01. The molecule has 1 spiro atoms. The van der Waals surface area contributed by atoms with Crippen molar-refractivity contribution in [3.8, 4) is 0 Å². The van der Waals surface area contributed by atoms with Crippen LogP contribution in [0.5, 0.6) is 0 Å². The quantitative estimate of drug-likeness (QED) is 0.463. The van der Waals surface area contributed by atoms with Gasteiger partial charge in [0.2, 0.25) is 11.0 Å². The Hall–Kier alpha value is -1.88. The van der Waals surface area contributed by atoms with Crippen LogP contribution in [0.1, 0.15) is 46.0 Å². The zero-order chi connectivity index (χ0) is 19.4. The smallest absolute Gasteiger partial charge is 0.344 e. The van der Waals surface area contributed by atoms with Gasteiger partial charge in [-0.1, -0.05) is 36.9 Å². The van der Waals surface area contributed by atoms with E-state index in [1.165, 1.54) is 23.1 Å². The number of nitrogens with one attached hydrogen (secondary N) is 3. The van der Waals surface area contributed by atoms with E-state index in [0.29, 0.717) is 28.2 Å². The monoisotopic (exact) mass is 412 g/mol. The van der Waals surface area contributed by atoms with E-state index in [4.69, 9.17) is 0 Å². The van der Waals surface area contributed by atoms with Crippen LogP contribution in [0.3, 0.4) is 0 Å². The van der Waals surface area contributed by atoms with Gasteiger partial charge in [-0.15, -0.1) is 10.2 Å². The van der Waals surface area contributed by atoms with Crippen molar-refractivity contribution in [3.63, 3.8) is 0 Å². The van der Waals surface area contributed by atoms with Gasteiger partial charge in [-0.25, -0.2) is 4.79 Å². The normalized spacial score (nSPS) is 25.0. The fourth-order valence-electron chi connectivity index (χ4n) is 3.17. The molecule has 0 unspecified atom stereocenters. The molecule has 0 aromatic carbocycles. The van der Waals surface area contributed by atoms with Crippen LogP contribution >= 0.6 is 23.1 Å². The molecular formula is C16H24N6O3S2. The average molecular weight is 413 g/mol. The minimum atomic E-state index is -0.858. The van der Waals surface area contributed by atoms with Gasteiger partial charge in [0.1, 0.15) is 5.54 Å². The van der Waals surface area contributed by atoms with E-state index in [-0.39, 0.29) is 11.7 Å². The molecule has 0 radical (unpaired) electrons. The lowest BCUT2D eigenvalue weighted by molar-refractivity contribution is -0.139. The Morgan fingerprint density at radius 2 is 2.11 bits per heavy atom. The number of thioether (sulfide) groups is 1. The number of rotatable bonds is 7. The second-order valence-electron chi connectivity index (χ2n) is 6.96. The topological polar surface area (TPSA) is 116 Å². The molecular weight excluding hydrogens is 388 g/mol. The van der Waals surface area contributed by atoms with Crippen molar-refractivity contribution in [2.75, 3.05) is 17.6 Å². The van der Waals surface area contributed by atoms with Crippen LogP contribution in [-0.2, 0) is 9.59 Å². The Morgan fingerprint density at radius 3 is 2.81 bits per heavy atom. The molecule has 3 N–H and O–H groups in total. The van der Waals surface area contributed by atoms with Gasteiger partial charge in [0.25, 0.3) is 5.91 Å². The first-order chi connectivity index (χ1) is 12.9. The minimum Gasteiger partial charge on any atom is -0.360 e. The van der Waals surface area contributed by atoms with Crippen molar-refractivity contribution in [2.24, 2.45) is 5.92 Å². The molecule has 1 saturated heterocycles. The first-order valence-electron chi connectivity index (χ1n) is 9.10. The van der Waals surface area contributed by atoms with Crippen LogP contribution in [0, 0.1) is 5.92 Å². The number of urea groups is 1. The van der Waals surface area contributed by atoms with Crippen LogP contribution < -0.4 is 16.1 Å². The van der Waals surface area contributed by atoms with E-state index in [2.05, 4.69) is 40.1 Å². The molecule has 1 aromatic heterocycles. The van der Waals surface area contributed by atoms with Crippen molar-refractivity contribution in [3.05, 3.63) is 0 Å². The summed E-state index contributed by atoms with van der Waals surface area (Å²) in [5, 5.41) is 15.5. The number of amides is 4. The Kier molecular flexibility index (Phi) is 6.20. The number of imide groups is 1. The summed E-state index contributed by atoms with van der Waals surface area (Å²) in [4.78, 5) is 37.1. The number of aromatic nitrogens is 2. The van der Waals surface area contributed by atoms with Crippen molar-refractivity contribution >= 4 is 46.1 Å². The van der Waals surface area contributed by atoms with Gasteiger partial charge >= 0.3 is 6.03 Å². The molecule has 0 atom stereocenters. The maximum absolute atomic E-state index is 12.7. The van der Waals surface area contributed by atoms with Gasteiger partial charge in [0.05, 0.1) is 5.75 Å². The maximum atomic E-state index is 12.7. The van der Waals surface area contributed by atoms with Gasteiger partial charge in [-0.3, -0.25) is 15.0 Å². The van der Waals surface area contributed by atoms with Crippen LogP contribution in [-0.4, -0.2) is 50.9 Å². The number of hydrogen-bond acceptors (Lipinski definition) is 8. The maximum Gasteiger partial charge on any atom is 0.344 e. The van der Waals surface area contributed by atoms with E-state index in [0.717, 1.165) is 30.8 Å². The lowest BCUT2D eigenvalue weighted by Gasteiger charge is -2.33. The largest absolute Gasteiger partial charge is 0.360 e. The third-order valence-corrected chi connectivity index (χ3v) is 6.80. The SMILES string of the molecule is CCCNc1nnc(SCC(=O)NN2C(=O)NC3(CCC(C)CC3)C2=O)s1. The molecule has 148 valence electrons. The van der Waals surface area contributed by atoms with Crippen molar-refractivity contribution in [2.45, 2.75) is 55.8 Å². The Balaban J connectivity index is 1.51. The summed E-state index contributed by atoms with van der Waals surface area (Å²) in [6.45, 7) is 5.01. The summed E-state index contributed by atoms with van der Waals surface area (Å²) in [5.74, 6) is -0.199. The second-order valence-corrected chi connectivity index (χ2v) is 9.16. The summed E-state index contributed by atoms with van der Waals surface area (Å²) >= 11 is 2.59. The van der Waals surface area contributed by atoms with Crippen molar-refractivity contribution in [1.82, 2.24) is 25.9 Å². The van der Waals surface area contributed by atoms with E-state index in [1.807, 2.05) is 0 Å². The lowest BCUT2D eigenvalue weighted by Crippen LogP contribution is -2.51. The number of anilines is 1. The highest BCUT2D eigenvalue weighted by Gasteiger charge is 2.52. The molecule has 4 amide bonds. The zero-order valence-corrected chi connectivity index (χ0v) is 17.0. The van der Waals surface area contributed by atoms with Crippen LogP contribution in [0.15, 0.2) is 4.34 Å². The van der Waals surface area contributed by atoms with Crippen molar-refractivity contribution in [1.29, 1.82) is 0 Å². The molecule has 1 aliphatic carbocycles. The zero-order valence-electron chi connectivity index (χ0n) is 15.4. The fraction of sp³-hybridized carbons (Fsp3) is 0.688. The summed E-state index contributed by atoms with van der Waals surface area (Å²) in [6, 6.07) is -0.560. The minimum absolute atomic E-state index is 0.0451. The summed E-state index contributed by atoms with van der Waals surface area (Å²) in [6.07, 6.45) is 3.97. The molecule has 1 aliphatic heterocycles. The van der Waals surface area contributed by atoms with Crippen LogP contribution in [0.4, 0.5) is 9.93 Å².